The number of benzene rings is 2. The summed E-state index contributed by atoms with van der Waals surface area (Å²) >= 11 is 0. The van der Waals surface area contributed by atoms with Gasteiger partial charge >= 0.3 is 0 Å². The summed E-state index contributed by atoms with van der Waals surface area (Å²) in [5.74, 6) is 1.09. The van der Waals surface area contributed by atoms with E-state index in [0.717, 1.165) is 45.4 Å². The quantitative estimate of drug-likeness (QED) is 0.0678. The zero-order chi connectivity index (χ0) is 38.1. The number of ether oxygens (including phenoxy) is 2. The second-order valence-electron chi connectivity index (χ2n) is 12.9. The standard InChI is InChI=1S/C38H48N6O6S2/c1-25-27(19-35(45)33-20-37(50-4)29(24-42-33)22-41-16-18-52(6,40)48)12-9-13-30(25)31-14-10-15-32(26(31)2)44-38(46)34-21-36(49-3)28(23-43-34)11-7-8-17-51(5,39)47/h9-10,12-15,20-21,23-24,39-41H,7-8,11,16-19,22H2,1-6H3,(H,44,46). The molecule has 0 saturated heterocycles. The van der Waals surface area contributed by atoms with Gasteiger partial charge in [0.1, 0.15) is 22.9 Å². The van der Waals surface area contributed by atoms with Gasteiger partial charge in [0.05, 0.1) is 14.2 Å². The van der Waals surface area contributed by atoms with Crippen LogP contribution in [-0.2, 0) is 38.8 Å². The van der Waals surface area contributed by atoms with Crippen LogP contribution in [0.15, 0.2) is 60.9 Å². The van der Waals surface area contributed by atoms with E-state index in [0.29, 0.717) is 48.9 Å². The number of nitrogens with zero attached hydrogens (tertiary/aromatic N) is 2. The van der Waals surface area contributed by atoms with Crippen molar-refractivity contribution in [3.63, 3.8) is 0 Å². The van der Waals surface area contributed by atoms with Crippen molar-refractivity contribution in [2.75, 3.05) is 50.1 Å². The minimum Gasteiger partial charge on any atom is -0.496 e. The number of pyridine rings is 2. The molecule has 4 N–H and O–H groups in total. The highest BCUT2D eigenvalue weighted by atomic mass is 32.2. The third kappa shape index (κ3) is 11.2. The molecule has 2 unspecified atom stereocenters. The first kappa shape index (κ1) is 40.1. The van der Waals surface area contributed by atoms with Gasteiger partial charge in [-0.05, 0) is 67.0 Å². The van der Waals surface area contributed by atoms with Gasteiger partial charge in [0.2, 0.25) is 0 Å². The van der Waals surface area contributed by atoms with Crippen LogP contribution in [0.4, 0.5) is 5.69 Å². The van der Waals surface area contributed by atoms with Gasteiger partial charge in [0.25, 0.3) is 5.91 Å². The van der Waals surface area contributed by atoms with Crippen molar-refractivity contribution in [2.24, 2.45) is 0 Å². The van der Waals surface area contributed by atoms with Crippen molar-refractivity contribution in [2.45, 2.75) is 46.1 Å². The topological polar surface area (TPSA) is 184 Å². The molecule has 52 heavy (non-hydrogen) atoms. The molecule has 0 aliphatic heterocycles. The van der Waals surface area contributed by atoms with Crippen LogP contribution in [0.1, 0.15) is 61.6 Å². The van der Waals surface area contributed by atoms with Gasteiger partial charge < -0.3 is 20.1 Å². The second kappa shape index (κ2) is 17.7. The molecule has 14 heteroatoms. The van der Waals surface area contributed by atoms with Gasteiger partial charge in [-0.3, -0.25) is 37.5 Å². The lowest BCUT2D eigenvalue weighted by molar-refractivity contribution is 0.0985. The summed E-state index contributed by atoms with van der Waals surface area (Å²) in [6.07, 6.45) is 8.22. The average Bonchev–Trinajstić information content (AvgIpc) is 3.09. The number of hydrogen-bond acceptors (Lipinski definition) is 11. The number of amides is 1. The van der Waals surface area contributed by atoms with Gasteiger partial charge in [-0.25, -0.2) is 0 Å². The van der Waals surface area contributed by atoms with Crippen LogP contribution in [0.2, 0.25) is 0 Å². The molecule has 2 atom stereocenters. The third-order valence-electron chi connectivity index (χ3n) is 8.73. The van der Waals surface area contributed by atoms with E-state index in [2.05, 4.69) is 20.6 Å². The molecule has 0 bridgehead atoms. The van der Waals surface area contributed by atoms with Crippen molar-refractivity contribution >= 4 is 36.8 Å². The maximum atomic E-state index is 13.4. The summed E-state index contributed by atoms with van der Waals surface area (Å²) in [5.41, 5.74) is 7.18. The third-order valence-corrected chi connectivity index (χ3v) is 10.8. The lowest BCUT2D eigenvalue weighted by Crippen LogP contribution is -2.22. The Bertz CT molecular complexity index is 2000. The number of unbranched alkanes of at least 4 members (excludes halogenated alkanes) is 1. The van der Waals surface area contributed by atoms with Gasteiger partial charge in [-0.2, -0.15) is 0 Å². The molecule has 0 aliphatic carbocycles. The van der Waals surface area contributed by atoms with E-state index < -0.39 is 19.5 Å². The van der Waals surface area contributed by atoms with Crippen molar-refractivity contribution in [1.82, 2.24) is 15.3 Å². The number of nitrogens with one attached hydrogen (secondary N) is 4. The Balaban J connectivity index is 1.47. The Labute approximate surface area is 307 Å². The molecule has 2 heterocycles. The normalized spacial score (nSPS) is 13.5. The van der Waals surface area contributed by atoms with Crippen LogP contribution < -0.4 is 20.1 Å². The smallest absolute Gasteiger partial charge is 0.274 e. The Morgan fingerprint density at radius 3 is 2.04 bits per heavy atom. The Morgan fingerprint density at radius 2 is 1.37 bits per heavy atom. The Hall–Kier alpha value is -4.66. The fourth-order valence-corrected chi connectivity index (χ4v) is 7.06. The van der Waals surface area contributed by atoms with Crippen LogP contribution in [0.5, 0.6) is 11.5 Å². The Morgan fingerprint density at radius 1 is 0.769 bits per heavy atom. The number of carbonyl (C=O) groups is 2. The van der Waals surface area contributed by atoms with E-state index >= 15 is 0 Å². The number of aryl methyl sites for hydroxylation is 1. The summed E-state index contributed by atoms with van der Waals surface area (Å²) in [6, 6.07) is 14.8. The first-order chi connectivity index (χ1) is 24.6. The highest BCUT2D eigenvalue weighted by Crippen LogP contribution is 2.33. The summed E-state index contributed by atoms with van der Waals surface area (Å²) in [7, 11) is -2.03. The van der Waals surface area contributed by atoms with Gasteiger partial charge in [-0.1, -0.05) is 30.3 Å². The molecule has 0 saturated carbocycles. The molecule has 0 aliphatic rings. The maximum Gasteiger partial charge on any atom is 0.274 e. The molecule has 278 valence electrons. The van der Waals surface area contributed by atoms with Crippen LogP contribution >= 0.6 is 0 Å². The molecule has 2 aromatic carbocycles. The second-order valence-corrected chi connectivity index (χ2v) is 17.8. The number of aromatic nitrogens is 2. The number of rotatable bonds is 18. The van der Waals surface area contributed by atoms with Gasteiger partial charge in [0.15, 0.2) is 5.78 Å². The minimum atomic E-state index is -2.58. The monoisotopic (exact) mass is 748 g/mol. The summed E-state index contributed by atoms with van der Waals surface area (Å²) in [4.78, 5) is 35.6. The predicted octanol–water partition coefficient (Wildman–Crippen LogP) is 6.22. The molecular formula is C38H48N6O6S2. The molecule has 1 amide bonds. The SMILES string of the molecule is COc1cc(C(=O)Nc2cccc(-c3cccc(CC(=O)c4cc(OC)c(CNCCS(C)(=N)=O)cn4)c3C)c2C)ncc1CCCCS(C)(=N)=O. The molecule has 0 radical (unpaired) electrons. The number of ketones is 1. The molecule has 0 fully saturated rings. The lowest BCUT2D eigenvalue weighted by atomic mass is 9.91. The number of methoxy groups -OCH3 is 2. The number of hydrogen-bond donors (Lipinski definition) is 4. The molecule has 0 spiro atoms. The van der Waals surface area contributed by atoms with E-state index in [1.54, 1.807) is 31.6 Å². The fraction of sp³-hybridized carbons (Fsp3) is 0.368. The van der Waals surface area contributed by atoms with Crippen LogP contribution in [0, 0.1) is 23.4 Å². The predicted molar refractivity (Wildman–Crippen MR) is 207 cm³/mol. The first-order valence-corrected chi connectivity index (χ1v) is 21.1. The van der Waals surface area contributed by atoms with Crippen LogP contribution in [0.25, 0.3) is 11.1 Å². The minimum absolute atomic E-state index is 0.129. The van der Waals surface area contributed by atoms with Crippen LogP contribution in [-0.4, -0.2) is 74.9 Å². The van der Waals surface area contributed by atoms with Gasteiger partial charge in [0, 0.05) is 104 Å². The van der Waals surface area contributed by atoms with E-state index in [1.165, 1.54) is 19.6 Å². The zero-order valence-corrected chi connectivity index (χ0v) is 32.2. The van der Waals surface area contributed by atoms with Crippen molar-refractivity contribution < 1.29 is 27.5 Å². The average molecular weight is 749 g/mol. The van der Waals surface area contributed by atoms with E-state index in [-0.39, 0.29) is 35.3 Å². The van der Waals surface area contributed by atoms with Crippen molar-refractivity contribution in [3.8, 4) is 22.6 Å². The van der Waals surface area contributed by atoms with Crippen molar-refractivity contribution in [1.29, 1.82) is 9.56 Å². The fourth-order valence-electron chi connectivity index (χ4n) is 5.77. The molecule has 12 nitrogen and oxygen atoms in total. The molecular weight excluding hydrogens is 701 g/mol. The summed E-state index contributed by atoms with van der Waals surface area (Å²) < 4.78 is 49.5. The first-order valence-electron chi connectivity index (χ1n) is 16.8. The Kier molecular flexibility index (Phi) is 13.7. The van der Waals surface area contributed by atoms with E-state index in [1.807, 2.05) is 50.2 Å². The van der Waals surface area contributed by atoms with Gasteiger partial charge in [-0.15, -0.1) is 0 Å². The number of anilines is 1. The largest absolute Gasteiger partial charge is 0.496 e. The highest BCUT2D eigenvalue weighted by Gasteiger charge is 2.18. The molecule has 4 rings (SSSR count). The molecule has 2 aromatic heterocycles. The van der Waals surface area contributed by atoms with E-state index in [4.69, 9.17) is 19.0 Å². The number of carbonyl (C=O) groups excluding carboxylic acids is 2. The number of Topliss-reactive ketones (excluding diaryl/α,β-unsaturated/α-hetero) is 1. The van der Waals surface area contributed by atoms with Crippen LogP contribution in [0.3, 0.4) is 0 Å². The summed E-state index contributed by atoms with van der Waals surface area (Å²) in [6.45, 7) is 4.72. The summed E-state index contributed by atoms with van der Waals surface area (Å²) in [5, 5.41) is 6.14. The lowest BCUT2D eigenvalue weighted by Gasteiger charge is -2.17. The zero-order valence-electron chi connectivity index (χ0n) is 30.6. The highest BCUT2D eigenvalue weighted by molar-refractivity contribution is 7.91. The maximum absolute atomic E-state index is 13.4. The molecule has 4 aromatic rings. The van der Waals surface area contributed by atoms with Crippen molar-refractivity contribution in [3.05, 3.63) is 100 Å². The van der Waals surface area contributed by atoms with E-state index in [9.17, 15) is 18.0 Å².